The van der Waals surface area contributed by atoms with Gasteiger partial charge in [-0.3, -0.25) is 0 Å². The number of hydrogen-bond donors (Lipinski definition) is 0. The van der Waals surface area contributed by atoms with E-state index in [9.17, 15) is 0 Å². The van der Waals surface area contributed by atoms with E-state index in [1.165, 1.54) is 5.30 Å². The first-order valence-electron chi connectivity index (χ1n) is 11.6. The van der Waals surface area contributed by atoms with Gasteiger partial charge in [-0.05, 0) is 0 Å². The van der Waals surface area contributed by atoms with E-state index < -0.39 is 4.71 Å². The van der Waals surface area contributed by atoms with Crippen LogP contribution in [0.2, 0.25) is 0 Å². The van der Waals surface area contributed by atoms with Gasteiger partial charge in [0.15, 0.2) is 0 Å². The van der Waals surface area contributed by atoms with Crippen LogP contribution in [0.1, 0.15) is 0 Å². The Labute approximate surface area is 277 Å². The molecule has 1 aliphatic heterocycles. The summed E-state index contributed by atoms with van der Waals surface area (Å²) in [6.07, 6.45) is 0. The molecule has 1 aliphatic rings. The fourth-order valence-electron chi connectivity index (χ4n) is 2.96. The van der Waals surface area contributed by atoms with Crippen molar-refractivity contribution >= 4 is 42.7 Å². The van der Waals surface area contributed by atoms with E-state index in [1.807, 2.05) is 42.5 Å². The van der Waals surface area contributed by atoms with Gasteiger partial charge < -0.3 is 28.4 Å². The zero-order valence-corrected chi connectivity index (χ0v) is 29.6. The van der Waals surface area contributed by atoms with Crippen molar-refractivity contribution in [2.45, 2.75) is 0 Å². The molecule has 0 saturated carbocycles. The summed E-state index contributed by atoms with van der Waals surface area (Å²) in [7, 11) is 1.68. The van der Waals surface area contributed by atoms with Gasteiger partial charge in [0.05, 0.1) is 79.3 Å². The maximum absolute atomic E-state index is 5.81. The Morgan fingerprint density at radius 1 is 0.611 bits per heavy atom. The second kappa shape index (κ2) is 22.9. The van der Waals surface area contributed by atoms with Crippen molar-refractivity contribution in [3.8, 4) is 5.75 Å². The van der Waals surface area contributed by atoms with Crippen LogP contribution in [0.15, 0.2) is 54.6 Å². The fraction of sp³-hybridized carbons (Fsp3) is 0.520. The summed E-state index contributed by atoms with van der Waals surface area (Å²) in [4.78, 5) is 0. The zero-order chi connectivity index (χ0) is 25.0. The predicted molar refractivity (Wildman–Crippen MR) is 144 cm³/mol. The number of rotatable bonds is 3. The van der Waals surface area contributed by atoms with Crippen LogP contribution in [0, 0.1) is 0 Å². The van der Waals surface area contributed by atoms with Crippen LogP contribution in [-0.4, -0.2) is 101 Å². The van der Waals surface area contributed by atoms with Crippen molar-refractivity contribution in [2.75, 3.05) is 86.4 Å². The third-order valence-electron chi connectivity index (χ3n) is 4.73. The standard InChI is InChI=1S/C13H13OPSSe.C12H24O6.Rb/c1-14-12-9-5-6-10-13(12)15(16,17)11-7-3-2-4-8-11;1-2-14-5-6-16-9-10-18-12-11-17-8-7-15-4-3-13-1;/h2-10H,1H3,(H,16,17);1-12H2;/q;;+1/p-1. The number of para-hydroxylation sites is 1. The molecule has 36 heavy (non-hydrogen) atoms. The fourth-order valence-corrected chi connectivity index (χ4v) is 7.07. The largest absolute Gasteiger partial charge is 1.00 e. The minimum Gasteiger partial charge on any atom is 1.00 e. The van der Waals surface area contributed by atoms with Crippen molar-refractivity contribution < 1.29 is 91.3 Å². The van der Waals surface area contributed by atoms with Crippen molar-refractivity contribution in [3.63, 3.8) is 0 Å². The number of benzene rings is 2. The van der Waals surface area contributed by atoms with Crippen LogP contribution < -0.4 is 73.5 Å². The number of ether oxygens (including phenoxy) is 7. The molecule has 0 N–H and O–H groups in total. The van der Waals surface area contributed by atoms with Crippen LogP contribution >= 0.6 is 4.71 Å². The van der Waals surface area contributed by atoms with Gasteiger partial charge in [0.25, 0.3) is 0 Å². The molecule has 0 radical (unpaired) electrons. The molecule has 0 aliphatic carbocycles. The summed E-state index contributed by atoms with van der Waals surface area (Å²) in [6.45, 7) is 7.04. The van der Waals surface area contributed by atoms with Gasteiger partial charge in [-0.1, -0.05) is 0 Å². The summed E-state index contributed by atoms with van der Waals surface area (Å²) in [5.74, 6) is 0.860. The maximum Gasteiger partial charge on any atom is 1.00 e. The van der Waals surface area contributed by atoms with Crippen molar-refractivity contribution in [2.24, 2.45) is 0 Å². The molecule has 1 saturated heterocycles. The quantitative estimate of drug-likeness (QED) is 0.241. The van der Waals surface area contributed by atoms with Gasteiger partial charge in [0, 0.05) is 0 Å². The second-order valence-corrected chi connectivity index (χ2v) is 16.0. The third-order valence-corrected chi connectivity index (χ3v) is 10.5. The van der Waals surface area contributed by atoms with Gasteiger partial charge in [-0.15, -0.1) is 0 Å². The Morgan fingerprint density at radius 3 is 1.31 bits per heavy atom. The van der Waals surface area contributed by atoms with Crippen LogP contribution in [-0.2, 0) is 40.7 Å². The summed E-state index contributed by atoms with van der Waals surface area (Å²) in [5, 5.41) is 2.25. The molecule has 1 fully saturated rings. The minimum atomic E-state index is -1.87. The zero-order valence-electron chi connectivity index (χ0n) is 21.3. The van der Waals surface area contributed by atoms with E-state index in [0.717, 1.165) is 11.1 Å². The Balaban J connectivity index is 0.000000351. The van der Waals surface area contributed by atoms with E-state index >= 15 is 0 Å². The monoisotopic (exact) mass is 676 g/mol. The first-order chi connectivity index (χ1) is 17.2. The van der Waals surface area contributed by atoms with Crippen LogP contribution in [0.25, 0.3) is 0 Å². The van der Waals surface area contributed by atoms with Crippen LogP contribution in [0.5, 0.6) is 5.75 Å². The molecule has 0 amide bonds. The molecule has 1 heterocycles. The molecule has 1 unspecified atom stereocenters. The Kier molecular flexibility index (Phi) is 22.3. The van der Waals surface area contributed by atoms with E-state index in [1.54, 1.807) is 7.11 Å². The summed E-state index contributed by atoms with van der Waals surface area (Å²) in [6, 6.07) is 18.1. The predicted octanol–water partition coefficient (Wildman–Crippen LogP) is -0.687. The molecule has 2 aromatic rings. The number of methoxy groups -OCH3 is 1. The van der Waals surface area contributed by atoms with Gasteiger partial charge in [-0.25, -0.2) is 0 Å². The molecule has 0 spiro atoms. The second-order valence-electron chi connectivity index (χ2n) is 7.23. The smallest absolute Gasteiger partial charge is 1.00 e. The number of hydrogen-bond acceptors (Lipinski definition) is 8. The molecule has 0 bridgehead atoms. The average molecular weight is 676 g/mol. The van der Waals surface area contributed by atoms with Crippen molar-refractivity contribution in [1.82, 2.24) is 0 Å². The Morgan fingerprint density at radius 2 is 0.944 bits per heavy atom. The van der Waals surface area contributed by atoms with Crippen LogP contribution in [0.3, 0.4) is 0 Å². The first kappa shape index (κ1) is 35.1. The molecular formula is C25H36O7PRbSSe. The summed E-state index contributed by atoms with van der Waals surface area (Å²) < 4.78 is 35.5. The molecule has 3 rings (SSSR count). The van der Waals surface area contributed by atoms with Crippen LogP contribution in [0.4, 0.5) is 0 Å². The molecule has 11 heteroatoms. The maximum atomic E-state index is 5.81. The average Bonchev–Trinajstić information content (AvgIpc) is 2.89. The molecule has 1 atom stereocenters. The molecule has 7 nitrogen and oxygen atoms in total. The van der Waals surface area contributed by atoms with Gasteiger partial charge in [-0.2, -0.15) is 0 Å². The van der Waals surface area contributed by atoms with Crippen molar-refractivity contribution in [3.05, 3.63) is 54.6 Å². The minimum absolute atomic E-state index is 0. The van der Waals surface area contributed by atoms with E-state index in [2.05, 4.69) is 27.2 Å². The molecule has 2 aromatic carbocycles. The molecule has 0 aromatic heterocycles. The van der Waals surface area contributed by atoms with Gasteiger partial charge in [0.1, 0.15) is 0 Å². The van der Waals surface area contributed by atoms with Gasteiger partial charge >= 0.3 is 173 Å². The Hall–Kier alpha value is 1.10. The SMILES string of the molecule is C1COCCOCCOCCOCCOCCO1.COc1ccccc1P([S-])(=[Se])c1ccccc1.[Rb+]. The van der Waals surface area contributed by atoms with E-state index in [4.69, 9.17) is 45.4 Å². The Bertz CT molecular complexity index is 775. The summed E-state index contributed by atoms with van der Waals surface area (Å²) in [5.41, 5.74) is 0. The normalized spacial score (nSPS) is 18.6. The molecular weight excluding hydrogens is 640 g/mol. The van der Waals surface area contributed by atoms with Crippen molar-refractivity contribution in [1.29, 1.82) is 0 Å². The first-order valence-corrected chi connectivity index (χ1v) is 16.6. The third kappa shape index (κ3) is 15.0. The molecule has 196 valence electrons. The summed E-state index contributed by atoms with van der Waals surface area (Å²) >= 11 is 9.01. The van der Waals surface area contributed by atoms with Gasteiger partial charge in [0.2, 0.25) is 0 Å². The topological polar surface area (TPSA) is 64.6 Å². The van der Waals surface area contributed by atoms with E-state index in [-0.39, 0.29) is 58.2 Å². The van der Waals surface area contributed by atoms with E-state index in [0.29, 0.717) is 79.3 Å².